The average molecular weight is 361 g/mol. The number of ether oxygens (including phenoxy) is 1. The van der Waals surface area contributed by atoms with E-state index in [4.69, 9.17) is 4.74 Å². The van der Waals surface area contributed by atoms with E-state index in [1.54, 1.807) is 0 Å². The van der Waals surface area contributed by atoms with Gasteiger partial charge in [-0.3, -0.25) is 4.79 Å². The molecular formula is C20H31N3O3. The van der Waals surface area contributed by atoms with Crippen LogP contribution in [0.4, 0.5) is 0 Å². The smallest absolute Gasteiger partial charge is 0.345 e. The van der Waals surface area contributed by atoms with Crippen molar-refractivity contribution in [3.63, 3.8) is 0 Å². The number of aromatic amines is 1. The first-order valence-electron chi connectivity index (χ1n) is 9.93. The van der Waals surface area contributed by atoms with Gasteiger partial charge in [-0.2, -0.15) is 4.98 Å². The van der Waals surface area contributed by atoms with Gasteiger partial charge in [0.25, 0.3) is 0 Å². The van der Waals surface area contributed by atoms with Gasteiger partial charge in [-0.1, -0.05) is 19.3 Å². The molecule has 3 rings (SSSR count). The lowest BCUT2D eigenvalue weighted by Gasteiger charge is -2.57. The van der Waals surface area contributed by atoms with Gasteiger partial charge >= 0.3 is 5.69 Å². The van der Waals surface area contributed by atoms with Gasteiger partial charge in [0.05, 0.1) is 6.10 Å². The number of hydrogen-bond acceptors (Lipinski definition) is 4. The molecule has 2 saturated carbocycles. The Morgan fingerprint density at radius 3 is 2.69 bits per heavy atom. The fourth-order valence-corrected chi connectivity index (χ4v) is 4.89. The van der Waals surface area contributed by atoms with Crippen LogP contribution in [0, 0.1) is 19.3 Å². The Morgan fingerprint density at radius 1 is 1.31 bits per heavy atom. The van der Waals surface area contributed by atoms with E-state index in [-0.39, 0.29) is 23.1 Å². The van der Waals surface area contributed by atoms with Crippen molar-refractivity contribution in [2.75, 3.05) is 6.61 Å². The van der Waals surface area contributed by atoms with Gasteiger partial charge in [-0.25, -0.2) is 4.79 Å². The summed E-state index contributed by atoms with van der Waals surface area (Å²) >= 11 is 0. The summed E-state index contributed by atoms with van der Waals surface area (Å²) in [5.74, 6) is 0.0832. The van der Waals surface area contributed by atoms with Crippen LogP contribution in [-0.4, -0.2) is 34.6 Å². The molecular weight excluding hydrogens is 330 g/mol. The summed E-state index contributed by atoms with van der Waals surface area (Å²) < 4.78 is 5.96. The van der Waals surface area contributed by atoms with Crippen molar-refractivity contribution in [3.05, 3.63) is 27.4 Å². The predicted molar refractivity (Wildman–Crippen MR) is 100 cm³/mol. The molecule has 1 amide bonds. The van der Waals surface area contributed by atoms with Gasteiger partial charge in [-0.15, -0.1) is 0 Å². The van der Waals surface area contributed by atoms with E-state index < -0.39 is 0 Å². The highest BCUT2D eigenvalue weighted by molar-refractivity contribution is 5.77. The van der Waals surface area contributed by atoms with E-state index in [9.17, 15) is 9.59 Å². The molecule has 144 valence electrons. The maximum atomic E-state index is 12.6. The highest BCUT2D eigenvalue weighted by atomic mass is 16.5. The average Bonchev–Trinajstić information content (AvgIpc) is 2.60. The van der Waals surface area contributed by atoms with Crippen LogP contribution in [-0.2, 0) is 16.0 Å². The van der Waals surface area contributed by atoms with Crippen molar-refractivity contribution < 1.29 is 9.53 Å². The number of rotatable bonds is 6. The van der Waals surface area contributed by atoms with Crippen molar-refractivity contribution in [3.8, 4) is 0 Å². The molecule has 0 unspecified atom stereocenters. The normalized spacial score (nSPS) is 24.3. The summed E-state index contributed by atoms with van der Waals surface area (Å²) in [7, 11) is 0. The van der Waals surface area contributed by atoms with Crippen LogP contribution < -0.4 is 11.0 Å². The molecule has 2 aliphatic rings. The van der Waals surface area contributed by atoms with Gasteiger partial charge in [0.1, 0.15) is 0 Å². The number of aryl methyl sites for hydroxylation is 2. The van der Waals surface area contributed by atoms with Crippen molar-refractivity contribution in [2.45, 2.75) is 84.3 Å². The predicted octanol–water partition coefficient (Wildman–Crippen LogP) is 2.56. The van der Waals surface area contributed by atoms with Crippen LogP contribution in [0.2, 0.25) is 0 Å². The SMILES string of the molecule is CCO[C@H]1C[C@@H](NC(=O)CCc2c(C)nc(=O)[nH]c2C)C12CCCCC2. The largest absolute Gasteiger partial charge is 0.378 e. The molecule has 0 bridgehead atoms. The number of nitrogens with one attached hydrogen (secondary N) is 2. The Morgan fingerprint density at radius 2 is 2.04 bits per heavy atom. The molecule has 2 N–H and O–H groups in total. The third-order valence-corrected chi connectivity index (χ3v) is 6.33. The Kier molecular flexibility index (Phi) is 5.80. The zero-order chi connectivity index (χ0) is 18.7. The van der Waals surface area contributed by atoms with Crippen molar-refractivity contribution in [2.24, 2.45) is 5.41 Å². The fourth-order valence-electron chi connectivity index (χ4n) is 4.89. The van der Waals surface area contributed by atoms with Crippen LogP contribution in [0.15, 0.2) is 4.79 Å². The molecule has 26 heavy (non-hydrogen) atoms. The number of H-pyrrole nitrogens is 1. The molecule has 1 aromatic heterocycles. The lowest BCUT2D eigenvalue weighted by atomic mass is 9.55. The standard InChI is InChI=1S/C20H31N3O3/c1-4-26-17-12-16(20(17)10-6-5-7-11-20)23-18(24)9-8-15-13(2)21-19(25)22-14(15)3/h16-17H,4-12H2,1-3H3,(H,23,24)(H,21,22,25)/t16-,17+/m1/s1. The zero-order valence-corrected chi connectivity index (χ0v) is 16.2. The summed E-state index contributed by atoms with van der Waals surface area (Å²) in [6.07, 6.45) is 8.32. The topological polar surface area (TPSA) is 84.1 Å². The van der Waals surface area contributed by atoms with Crippen LogP contribution in [0.3, 0.4) is 0 Å². The third-order valence-electron chi connectivity index (χ3n) is 6.33. The maximum Gasteiger partial charge on any atom is 0.345 e. The van der Waals surface area contributed by atoms with Gasteiger partial charge in [-0.05, 0) is 52.0 Å². The molecule has 1 spiro atoms. The Hall–Kier alpha value is -1.69. The summed E-state index contributed by atoms with van der Waals surface area (Å²) in [4.78, 5) is 30.6. The Balaban J connectivity index is 1.59. The molecule has 2 atom stereocenters. The summed E-state index contributed by atoms with van der Waals surface area (Å²) in [6, 6.07) is 0.239. The number of aromatic nitrogens is 2. The first-order valence-corrected chi connectivity index (χ1v) is 9.93. The fraction of sp³-hybridized carbons (Fsp3) is 0.750. The second kappa shape index (κ2) is 7.91. The number of carbonyl (C=O) groups is 1. The molecule has 2 aliphatic carbocycles. The Labute approximate surface area is 155 Å². The molecule has 0 radical (unpaired) electrons. The molecule has 0 aliphatic heterocycles. The second-order valence-corrected chi connectivity index (χ2v) is 7.82. The summed E-state index contributed by atoms with van der Waals surface area (Å²) in [6.45, 7) is 6.47. The van der Waals surface area contributed by atoms with Crippen molar-refractivity contribution in [1.82, 2.24) is 15.3 Å². The van der Waals surface area contributed by atoms with E-state index in [2.05, 4.69) is 15.3 Å². The molecule has 0 aromatic carbocycles. The quantitative estimate of drug-likeness (QED) is 0.816. The number of carbonyl (C=O) groups excluding carboxylic acids is 1. The number of nitrogens with zero attached hydrogens (tertiary/aromatic N) is 1. The highest BCUT2D eigenvalue weighted by Crippen LogP contribution is 2.53. The van der Waals surface area contributed by atoms with E-state index in [1.165, 1.54) is 19.3 Å². The molecule has 2 fully saturated rings. The van der Waals surface area contributed by atoms with E-state index >= 15 is 0 Å². The monoisotopic (exact) mass is 361 g/mol. The van der Waals surface area contributed by atoms with Crippen LogP contribution in [0.5, 0.6) is 0 Å². The first-order chi connectivity index (χ1) is 12.5. The lowest BCUT2D eigenvalue weighted by molar-refractivity contribution is -0.157. The minimum absolute atomic E-state index is 0.0832. The van der Waals surface area contributed by atoms with Gasteiger partial charge in [0.15, 0.2) is 0 Å². The molecule has 0 saturated heterocycles. The van der Waals surface area contributed by atoms with Crippen LogP contribution in [0.1, 0.15) is 68.8 Å². The summed E-state index contributed by atoms with van der Waals surface area (Å²) in [5, 5.41) is 3.27. The zero-order valence-electron chi connectivity index (χ0n) is 16.2. The van der Waals surface area contributed by atoms with Crippen molar-refractivity contribution >= 4 is 5.91 Å². The lowest BCUT2D eigenvalue weighted by Crippen LogP contribution is -2.65. The summed E-state index contributed by atoms with van der Waals surface area (Å²) in [5.41, 5.74) is 2.30. The maximum absolute atomic E-state index is 12.6. The van der Waals surface area contributed by atoms with Gasteiger partial charge in [0, 0.05) is 35.9 Å². The van der Waals surface area contributed by atoms with E-state index in [0.717, 1.165) is 37.1 Å². The third kappa shape index (κ3) is 3.70. The molecule has 1 aromatic rings. The second-order valence-electron chi connectivity index (χ2n) is 7.82. The Bertz CT molecular complexity index is 680. The first kappa shape index (κ1) is 19.1. The minimum Gasteiger partial charge on any atom is -0.378 e. The molecule has 6 heteroatoms. The molecule has 1 heterocycles. The van der Waals surface area contributed by atoms with E-state index in [1.807, 2.05) is 20.8 Å². The van der Waals surface area contributed by atoms with Gasteiger partial charge in [0.2, 0.25) is 5.91 Å². The van der Waals surface area contributed by atoms with Crippen molar-refractivity contribution in [1.29, 1.82) is 0 Å². The van der Waals surface area contributed by atoms with Crippen LogP contribution in [0.25, 0.3) is 0 Å². The highest BCUT2D eigenvalue weighted by Gasteiger charge is 2.55. The molecule has 6 nitrogen and oxygen atoms in total. The number of amides is 1. The van der Waals surface area contributed by atoms with Gasteiger partial charge < -0.3 is 15.0 Å². The van der Waals surface area contributed by atoms with E-state index in [0.29, 0.717) is 24.6 Å². The number of hydrogen-bond donors (Lipinski definition) is 2. The van der Waals surface area contributed by atoms with Crippen LogP contribution >= 0.6 is 0 Å². The minimum atomic E-state index is -0.330.